The van der Waals surface area contributed by atoms with Crippen molar-refractivity contribution in [2.24, 2.45) is 0 Å². The maximum absolute atomic E-state index is 13.3. The summed E-state index contributed by atoms with van der Waals surface area (Å²) in [5, 5.41) is 0. The second-order valence-electron chi connectivity index (χ2n) is 4.54. The van der Waals surface area contributed by atoms with Gasteiger partial charge in [-0.2, -0.15) is 48.3 Å². The highest BCUT2D eigenvalue weighted by atomic mass is 19.4. The average molecular weight is 404 g/mol. The first kappa shape index (κ1) is 23.6. The molecule has 3 nitrogen and oxygen atoms in total. The number of hydrogen-bond donors (Lipinski definition) is 0. The van der Waals surface area contributed by atoms with Gasteiger partial charge in [0.1, 0.15) is 0 Å². The van der Waals surface area contributed by atoms with Crippen LogP contribution in [-0.4, -0.2) is 48.5 Å². The number of carbonyl (C=O) groups excluding carboxylic acids is 1. The quantitative estimate of drug-likeness (QED) is 0.469. The average Bonchev–Trinajstić information content (AvgIpc) is 2.33. The van der Waals surface area contributed by atoms with Crippen LogP contribution in [0.15, 0.2) is 0 Å². The van der Waals surface area contributed by atoms with Crippen molar-refractivity contribution in [1.29, 1.82) is 0 Å². The van der Waals surface area contributed by atoms with Crippen molar-refractivity contribution in [3.63, 3.8) is 0 Å². The fourth-order valence-electron chi connectivity index (χ4n) is 1.21. The molecule has 0 aliphatic rings. The third kappa shape index (κ3) is 4.82. The van der Waals surface area contributed by atoms with Crippen molar-refractivity contribution >= 4 is 5.97 Å². The maximum Gasteiger partial charge on any atom is 0.462 e. The molecule has 15 heteroatoms. The van der Waals surface area contributed by atoms with Crippen LogP contribution in [0.2, 0.25) is 0 Å². The minimum Gasteiger partial charge on any atom is -0.456 e. The highest BCUT2D eigenvalue weighted by Crippen LogP contribution is 2.50. The van der Waals surface area contributed by atoms with E-state index >= 15 is 0 Å². The first-order valence-electron chi connectivity index (χ1n) is 5.79. The molecule has 0 spiro atoms. The highest BCUT2D eigenvalue weighted by molar-refractivity contribution is 5.66. The zero-order valence-corrected chi connectivity index (χ0v) is 11.9. The zero-order chi connectivity index (χ0) is 20.6. The second-order valence-corrected chi connectivity index (χ2v) is 4.54. The van der Waals surface area contributed by atoms with Crippen LogP contribution in [0, 0.1) is 0 Å². The van der Waals surface area contributed by atoms with Crippen LogP contribution in [0.5, 0.6) is 0 Å². The van der Waals surface area contributed by atoms with E-state index in [-0.39, 0.29) is 6.92 Å². The van der Waals surface area contributed by atoms with E-state index in [1.807, 2.05) is 0 Å². The van der Waals surface area contributed by atoms with Crippen LogP contribution in [-0.2, 0) is 14.3 Å². The summed E-state index contributed by atoms with van der Waals surface area (Å²) >= 11 is 0. The smallest absolute Gasteiger partial charge is 0.456 e. The maximum atomic E-state index is 13.3. The van der Waals surface area contributed by atoms with Gasteiger partial charge in [0.2, 0.25) is 0 Å². The van der Waals surface area contributed by atoms with Crippen molar-refractivity contribution in [3.05, 3.63) is 0 Å². The summed E-state index contributed by atoms with van der Waals surface area (Å²) in [6, 6.07) is 0. The van der Waals surface area contributed by atoms with E-state index in [1.165, 1.54) is 0 Å². The van der Waals surface area contributed by atoms with Gasteiger partial charge in [-0.05, 0) is 6.92 Å². The Morgan fingerprint density at radius 2 is 1.28 bits per heavy atom. The van der Waals surface area contributed by atoms with E-state index in [9.17, 15) is 57.5 Å². The Labute approximate surface area is 130 Å². The monoisotopic (exact) mass is 404 g/mol. The molecule has 0 fully saturated rings. The summed E-state index contributed by atoms with van der Waals surface area (Å²) in [5.41, 5.74) is 0. The largest absolute Gasteiger partial charge is 0.462 e. The van der Waals surface area contributed by atoms with Gasteiger partial charge in [0, 0.05) is 6.92 Å². The van der Waals surface area contributed by atoms with Gasteiger partial charge in [-0.1, -0.05) is 0 Å². The molecule has 0 aromatic heterocycles. The molecule has 2 unspecified atom stereocenters. The summed E-state index contributed by atoms with van der Waals surface area (Å²) in [6.07, 6.45) is -28.9. The minimum atomic E-state index is -7.25. The first-order valence-corrected chi connectivity index (χ1v) is 5.79. The molecule has 0 bridgehead atoms. The van der Waals surface area contributed by atoms with Crippen LogP contribution in [0.1, 0.15) is 13.8 Å². The molecule has 0 N–H and O–H groups in total. The third-order valence-corrected chi connectivity index (χ3v) is 2.50. The molecule has 0 radical (unpaired) electrons. The lowest BCUT2D eigenvalue weighted by Crippen LogP contribution is -2.60. The van der Waals surface area contributed by atoms with Crippen molar-refractivity contribution < 1.29 is 67.0 Å². The van der Waals surface area contributed by atoms with Gasteiger partial charge in [0.15, 0.2) is 6.10 Å². The van der Waals surface area contributed by atoms with Crippen molar-refractivity contribution in [2.75, 3.05) is 0 Å². The topological polar surface area (TPSA) is 35.5 Å². The van der Waals surface area contributed by atoms with Crippen molar-refractivity contribution in [3.8, 4) is 0 Å². The molecule has 0 saturated carbocycles. The Morgan fingerprint density at radius 1 is 0.880 bits per heavy atom. The van der Waals surface area contributed by atoms with Crippen LogP contribution in [0.4, 0.5) is 52.7 Å². The van der Waals surface area contributed by atoms with Gasteiger partial charge >= 0.3 is 36.2 Å². The Hall–Kier alpha value is -1.41. The van der Waals surface area contributed by atoms with Crippen molar-refractivity contribution in [1.82, 2.24) is 0 Å². The molecule has 0 saturated heterocycles. The summed E-state index contributed by atoms with van der Waals surface area (Å²) in [5.74, 6) is -14.3. The summed E-state index contributed by atoms with van der Waals surface area (Å²) in [4.78, 5) is 10.4. The molecule has 0 amide bonds. The molecule has 0 rings (SSSR count). The van der Waals surface area contributed by atoms with E-state index in [1.54, 1.807) is 4.74 Å². The van der Waals surface area contributed by atoms with Gasteiger partial charge in [0.05, 0.1) is 0 Å². The molecular weight excluding hydrogens is 396 g/mol. The van der Waals surface area contributed by atoms with E-state index in [0.29, 0.717) is 6.92 Å². The Morgan fingerprint density at radius 3 is 1.60 bits per heavy atom. The molecule has 0 aliphatic carbocycles. The van der Waals surface area contributed by atoms with Gasteiger partial charge in [-0.3, -0.25) is 4.79 Å². The van der Waals surface area contributed by atoms with E-state index in [2.05, 4.69) is 4.74 Å². The Bertz CT molecular complexity index is 486. The number of halogens is 12. The SMILES string of the molecule is CC(=O)OC(C)C(F)(F)C(F)C(F)(F)OC(F)(F)C(F)(F)C(F)(F)F. The van der Waals surface area contributed by atoms with Crippen LogP contribution in [0.3, 0.4) is 0 Å². The number of carbonyl (C=O) groups is 1. The normalized spacial score (nSPS) is 17.2. The Kier molecular flexibility index (Phi) is 6.34. The van der Waals surface area contributed by atoms with Crippen molar-refractivity contribution in [2.45, 2.75) is 56.4 Å². The van der Waals surface area contributed by atoms with Gasteiger partial charge in [-0.25, -0.2) is 9.13 Å². The molecule has 25 heavy (non-hydrogen) atoms. The minimum absolute atomic E-state index is 0.131. The van der Waals surface area contributed by atoms with Gasteiger partial charge < -0.3 is 4.74 Å². The fraction of sp³-hybridized carbons (Fsp3) is 0.900. The molecule has 2 atom stereocenters. The number of rotatable bonds is 7. The lowest BCUT2D eigenvalue weighted by atomic mass is 10.1. The standard InChI is InChI=1S/C10H8F12O3/c1-3(24-4(2)23)6(12,13)5(11)7(14,15)25-10(21,22)8(16,17)9(18,19)20/h3,5H,1-2H3. The lowest BCUT2D eigenvalue weighted by molar-refractivity contribution is -0.484. The van der Waals surface area contributed by atoms with E-state index < -0.39 is 48.5 Å². The molecule has 0 heterocycles. The number of hydrogen-bond acceptors (Lipinski definition) is 3. The molecule has 0 aliphatic heterocycles. The fourth-order valence-corrected chi connectivity index (χ4v) is 1.21. The van der Waals surface area contributed by atoms with Gasteiger partial charge in [-0.15, -0.1) is 0 Å². The molecule has 0 aromatic rings. The highest BCUT2D eigenvalue weighted by Gasteiger charge is 2.78. The number of ether oxygens (including phenoxy) is 2. The zero-order valence-electron chi connectivity index (χ0n) is 11.9. The number of esters is 1. The summed E-state index contributed by atoms with van der Waals surface area (Å²) in [6.45, 7) is 0.610. The molecule has 0 aromatic carbocycles. The van der Waals surface area contributed by atoms with Crippen LogP contribution in [0.25, 0.3) is 0 Å². The summed E-state index contributed by atoms with van der Waals surface area (Å²) in [7, 11) is 0. The molecular formula is C10H8F12O3. The second kappa shape index (κ2) is 6.72. The third-order valence-electron chi connectivity index (χ3n) is 2.50. The van der Waals surface area contributed by atoms with E-state index in [4.69, 9.17) is 0 Å². The van der Waals surface area contributed by atoms with E-state index in [0.717, 1.165) is 0 Å². The number of alkyl halides is 12. The predicted molar refractivity (Wildman–Crippen MR) is 53.1 cm³/mol. The predicted octanol–water partition coefficient (Wildman–Crippen LogP) is 4.31. The first-order chi connectivity index (χ1) is 10.7. The van der Waals surface area contributed by atoms with Crippen LogP contribution < -0.4 is 0 Å². The lowest BCUT2D eigenvalue weighted by Gasteiger charge is -2.34. The van der Waals surface area contributed by atoms with Crippen LogP contribution >= 0.6 is 0 Å². The van der Waals surface area contributed by atoms with Gasteiger partial charge in [0.25, 0.3) is 6.17 Å². The molecule has 150 valence electrons. The Balaban J connectivity index is 5.59. The summed E-state index contributed by atoms with van der Waals surface area (Å²) < 4.78 is 157.